The molecular formula is C29H49F2IO5Si. The highest BCUT2D eigenvalue weighted by molar-refractivity contribution is 14.1. The van der Waals surface area contributed by atoms with E-state index in [0.29, 0.717) is 36.7 Å². The molecule has 2 aliphatic rings. The van der Waals surface area contributed by atoms with Crippen molar-refractivity contribution in [2.24, 2.45) is 11.8 Å². The van der Waals surface area contributed by atoms with E-state index in [0.717, 1.165) is 12.8 Å². The Bertz CT molecular complexity index is 798. The monoisotopic (exact) mass is 670 g/mol. The molecule has 0 aromatic rings. The number of rotatable bonds is 12. The summed E-state index contributed by atoms with van der Waals surface area (Å²) >= 11 is 2.14. The second-order valence-corrected chi connectivity index (χ2v) is 17.9. The number of halogens is 3. The molecule has 0 bridgehead atoms. The van der Waals surface area contributed by atoms with Gasteiger partial charge in [-0.3, -0.25) is 4.79 Å². The molecule has 2 rings (SSSR count). The van der Waals surface area contributed by atoms with Crippen LogP contribution in [0.15, 0.2) is 24.3 Å². The number of esters is 1. The summed E-state index contributed by atoms with van der Waals surface area (Å²) in [6.07, 6.45) is 8.59. The summed E-state index contributed by atoms with van der Waals surface area (Å²) in [5, 5.41) is -0.204. The molecule has 220 valence electrons. The van der Waals surface area contributed by atoms with E-state index in [-0.39, 0.29) is 41.5 Å². The van der Waals surface area contributed by atoms with Gasteiger partial charge in [0.15, 0.2) is 14.6 Å². The van der Waals surface area contributed by atoms with Crippen LogP contribution in [0.2, 0.25) is 18.1 Å². The van der Waals surface area contributed by atoms with E-state index in [4.69, 9.17) is 18.6 Å². The van der Waals surface area contributed by atoms with Gasteiger partial charge in [-0.25, -0.2) is 8.78 Å². The lowest BCUT2D eigenvalue weighted by Crippen LogP contribution is -2.48. The van der Waals surface area contributed by atoms with Crippen molar-refractivity contribution < 1.29 is 32.2 Å². The predicted octanol–water partition coefficient (Wildman–Crippen LogP) is 8.23. The maximum absolute atomic E-state index is 15.6. The minimum Gasteiger partial charge on any atom is -0.462 e. The number of ether oxygens (including phenoxy) is 3. The van der Waals surface area contributed by atoms with Gasteiger partial charge >= 0.3 is 5.97 Å². The molecular weight excluding hydrogens is 621 g/mol. The molecule has 5 nitrogen and oxygen atoms in total. The van der Waals surface area contributed by atoms with Gasteiger partial charge in [0.2, 0.25) is 0 Å². The summed E-state index contributed by atoms with van der Waals surface area (Å²) in [4.78, 5) is 12.5. The number of carbonyl (C=O) groups excluding carboxylic acids is 1. The minimum absolute atomic E-state index is 0.0696. The van der Waals surface area contributed by atoms with Crippen LogP contribution in [0, 0.1) is 11.8 Å². The van der Waals surface area contributed by atoms with Crippen molar-refractivity contribution in [3.8, 4) is 0 Å². The third-order valence-electron chi connectivity index (χ3n) is 8.04. The number of allylic oxidation sites excluding steroid dienone is 2. The van der Waals surface area contributed by atoms with E-state index in [9.17, 15) is 4.79 Å². The van der Waals surface area contributed by atoms with E-state index < -0.39 is 26.6 Å². The van der Waals surface area contributed by atoms with Crippen molar-refractivity contribution in [3.63, 3.8) is 0 Å². The highest BCUT2D eigenvalue weighted by atomic mass is 127. The van der Waals surface area contributed by atoms with Crippen molar-refractivity contribution in [3.05, 3.63) is 24.3 Å². The molecule has 1 saturated carbocycles. The van der Waals surface area contributed by atoms with E-state index in [2.05, 4.69) is 55.5 Å². The van der Waals surface area contributed by atoms with Crippen molar-refractivity contribution in [2.45, 2.75) is 128 Å². The Morgan fingerprint density at radius 1 is 1.26 bits per heavy atom. The predicted molar refractivity (Wildman–Crippen MR) is 159 cm³/mol. The van der Waals surface area contributed by atoms with Crippen molar-refractivity contribution in [2.75, 3.05) is 11.0 Å². The van der Waals surface area contributed by atoms with Crippen LogP contribution in [0.5, 0.6) is 0 Å². The molecule has 1 fully saturated rings. The van der Waals surface area contributed by atoms with Crippen molar-refractivity contribution >= 4 is 36.9 Å². The van der Waals surface area contributed by atoms with E-state index in [1.807, 2.05) is 33.0 Å². The van der Waals surface area contributed by atoms with Crippen LogP contribution in [0.3, 0.4) is 0 Å². The van der Waals surface area contributed by atoms with E-state index in [1.54, 1.807) is 6.08 Å². The third kappa shape index (κ3) is 9.92. The van der Waals surface area contributed by atoms with Crippen molar-refractivity contribution in [1.29, 1.82) is 0 Å². The van der Waals surface area contributed by atoms with Gasteiger partial charge in [-0.2, -0.15) is 0 Å². The zero-order chi connectivity index (χ0) is 28.6. The standard InChI is InChI=1S/C29H49F2IO5Si/c1-8-34-21(2)35-24-20-25-22(14-11-9-10-12-15-27(33)36-25)23(24)16-17-26(29(30,31)18-13-19-32)37-38(6,7)28(3,4)5/h9,11,16-17,21-26H,8,10,12-15,18-20H2,1-7H3/b11-9-,17-16+/t21?,22?,23-,24-,25?,26-/m1/s1. The summed E-state index contributed by atoms with van der Waals surface area (Å²) < 4.78 is 56.0. The Morgan fingerprint density at radius 3 is 2.61 bits per heavy atom. The molecule has 0 aromatic carbocycles. The first-order valence-electron chi connectivity index (χ1n) is 14.1. The Morgan fingerprint density at radius 2 is 1.97 bits per heavy atom. The number of hydrogen-bond donors (Lipinski definition) is 0. The lowest BCUT2D eigenvalue weighted by molar-refractivity contribution is -0.164. The molecule has 0 radical (unpaired) electrons. The molecule has 0 N–H and O–H groups in total. The highest BCUT2D eigenvalue weighted by Gasteiger charge is 2.48. The van der Waals surface area contributed by atoms with Crippen LogP contribution in [-0.4, -0.2) is 55.8 Å². The molecule has 1 aliphatic heterocycles. The van der Waals surface area contributed by atoms with Crippen LogP contribution < -0.4 is 0 Å². The van der Waals surface area contributed by atoms with Gasteiger partial charge in [0.1, 0.15) is 12.2 Å². The number of carbonyl (C=O) groups is 1. The van der Waals surface area contributed by atoms with Gasteiger partial charge in [-0.15, -0.1) is 0 Å². The maximum Gasteiger partial charge on any atom is 0.306 e. The third-order valence-corrected chi connectivity index (χ3v) is 13.3. The fraction of sp³-hybridized carbons (Fsp3) is 0.828. The largest absolute Gasteiger partial charge is 0.462 e. The summed E-state index contributed by atoms with van der Waals surface area (Å²) in [6.45, 7) is 14.4. The average molecular weight is 671 g/mol. The lowest BCUT2D eigenvalue weighted by Gasteiger charge is -2.40. The second kappa shape index (κ2) is 15.0. The molecule has 6 atom stereocenters. The lowest BCUT2D eigenvalue weighted by atomic mass is 9.89. The molecule has 1 aliphatic carbocycles. The van der Waals surface area contributed by atoms with Crippen molar-refractivity contribution in [1.82, 2.24) is 0 Å². The summed E-state index contributed by atoms with van der Waals surface area (Å²) in [7, 11) is -2.48. The Kier molecular flexibility index (Phi) is 13.4. The van der Waals surface area contributed by atoms with Gasteiger partial charge in [0.25, 0.3) is 5.92 Å². The number of hydrogen-bond acceptors (Lipinski definition) is 5. The molecule has 0 aromatic heterocycles. The number of alkyl halides is 3. The van der Waals surface area contributed by atoms with Crippen LogP contribution in [-0.2, 0) is 23.4 Å². The molecule has 9 heteroatoms. The first-order chi connectivity index (χ1) is 17.7. The zero-order valence-corrected chi connectivity index (χ0v) is 27.5. The fourth-order valence-electron chi connectivity index (χ4n) is 4.86. The van der Waals surface area contributed by atoms with Gasteiger partial charge in [0.05, 0.1) is 6.10 Å². The molecule has 0 amide bonds. The second-order valence-electron chi connectivity index (χ2n) is 12.0. The zero-order valence-electron chi connectivity index (χ0n) is 24.3. The average Bonchev–Trinajstić information content (AvgIpc) is 3.12. The molecule has 0 spiro atoms. The van der Waals surface area contributed by atoms with Crippen LogP contribution in [0.25, 0.3) is 0 Å². The van der Waals surface area contributed by atoms with Gasteiger partial charge in [-0.05, 0) is 62.1 Å². The normalized spacial score (nSPS) is 28.1. The molecule has 38 heavy (non-hydrogen) atoms. The fourth-order valence-corrected chi connectivity index (χ4v) is 6.48. The Balaban J connectivity index is 2.44. The number of fused-ring (bicyclic) bond motifs is 1. The van der Waals surface area contributed by atoms with Gasteiger partial charge in [0, 0.05) is 37.7 Å². The molecule has 3 unspecified atom stereocenters. The Labute approximate surface area is 243 Å². The summed E-state index contributed by atoms with van der Waals surface area (Å²) in [5.74, 6) is -3.49. The van der Waals surface area contributed by atoms with Crippen LogP contribution in [0.4, 0.5) is 8.78 Å². The molecule has 0 saturated heterocycles. The quantitative estimate of drug-likeness (QED) is 0.0523. The summed E-state index contributed by atoms with van der Waals surface area (Å²) in [5.41, 5.74) is 0. The smallest absolute Gasteiger partial charge is 0.306 e. The molecule has 1 heterocycles. The maximum atomic E-state index is 15.6. The van der Waals surface area contributed by atoms with E-state index in [1.165, 1.54) is 0 Å². The van der Waals surface area contributed by atoms with E-state index >= 15 is 8.78 Å². The van der Waals surface area contributed by atoms with Gasteiger partial charge in [-0.1, -0.05) is 67.7 Å². The summed E-state index contributed by atoms with van der Waals surface area (Å²) in [6, 6.07) is 0. The Hall–Kier alpha value is -0.363. The topological polar surface area (TPSA) is 54.0 Å². The SMILES string of the molecule is CCOC(C)O[C@@H]1CC2OC(=O)CCC/C=C\CC2[C@H]1/C=C/[C@@H](O[Si](C)(C)C(C)(C)C)C(F)(F)CCCI. The van der Waals surface area contributed by atoms with Gasteiger partial charge < -0.3 is 18.6 Å². The minimum atomic E-state index is -2.99. The first-order valence-corrected chi connectivity index (χ1v) is 18.6. The highest BCUT2D eigenvalue weighted by Crippen LogP contribution is 2.43. The van der Waals surface area contributed by atoms with Crippen LogP contribution >= 0.6 is 22.6 Å². The first kappa shape index (κ1) is 33.8. The van der Waals surface area contributed by atoms with Crippen LogP contribution in [0.1, 0.15) is 79.6 Å².